The van der Waals surface area contributed by atoms with Crippen LogP contribution in [-0.4, -0.2) is 38.9 Å². The summed E-state index contributed by atoms with van der Waals surface area (Å²) in [6.45, 7) is 3.44. The Morgan fingerprint density at radius 3 is 3.21 bits per heavy atom. The van der Waals surface area contributed by atoms with Crippen molar-refractivity contribution in [3.05, 3.63) is 6.33 Å². The molecule has 2 unspecified atom stereocenters. The minimum Gasteiger partial charge on any atom is -0.394 e. The molecule has 19 heavy (non-hydrogen) atoms. The van der Waals surface area contributed by atoms with E-state index in [9.17, 15) is 5.11 Å². The maximum Gasteiger partial charge on any atom is 0.169 e. The molecule has 1 fully saturated rings. The van der Waals surface area contributed by atoms with Crippen LogP contribution in [0.15, 0.2) is 10.7 Å². The second-order valence-electron chi connectivity index (χ2n) is 5.17. The molecule has 0 aromatic carbocycles. The number of aliphatic hydroxyl groups is 1. The number of nitrogens with zero attached hydrogens (tertiary/aromatic N) is 2. The molecular weight excluding hydrogens is 278 g/mol. The van der Waals surface area contributed by atoms with E-state index < -0.39 is 0 Å². The Labute approximate surface area is 123 Å². The Balaban J connectivity index is 1.83. The molecule has 108 valence electrons. The van der Waals surface area contributed by atoms with E-state index in [-0.39, 0.29) is 12.1 Å². The summed E-state index contributed by atoms with van der Waals surface area (Å²) in [5, 5.41) is 13.4. The van der Waals surface area contributed by atoms with Crippen LogP contribution in [0.2, 0.25) is 0 Å². The van der Waals surface area contributed by atoms with Crippen molar-refractivity contribution >= 4 is 23.3 Å². The predicted molar refractivity (Wildman–Crippen MR) is 80.7 cm³/mol. The van der Waals surface area contributed by atoms with Gasteiger partial charge in [-0.15, -0.1) is 0 Å². The van der Waals surface area contributed by atoms with E-state index in [0.717, 1.165) is 35.9 Å². The van der Waals surface area contributed by atoms with Crippen LogP contribution in [0.25, 0.3) is 0 Å². The number of rotatable bonds is 8. The van der Waals surface area contributed by atoms with Crippen LogP contribution in [0.3, 0.4) is 0 Å². The zero-order valence-electron chi connectivity index (χ0n) is 11.5. The van der Waals surface area contributed by atoms with Crippen molar-refractivity contribution in [2.45, 2.75) is 48.9 Å². The Morgan fingerprint density at radius 2 is 2.53 bits per heavy atom. The summed E-state index contributed by atoms with van der Waals surface area (Å²) in [6.07, 6.45) is 7.44. The van der Waals surface area contributed by atoms with Crippen molar-refractivity contribution in [3.8, 4) is 0 Å². The molecule has 0 radical (unpaired) electrons. The van der Waals surface area contributed by atoms with Gasteiger partial charge < -0.3 is 10.4 Å². The smallest absolute Gasteiger partial charge is 0.169 e. The summed E-state index contributed by atoms with van der Waals surface area (Å²) >= 11 is 3.25. The highest BCUT2D eigenvalue weighted by atomic mass is 32.2. The van der Waals surface area contributed by atoms with E-state index >= 15 is 0 Å². The van der Waals surface area contributed by atoms with Crippen molar-refractivity contribution < 1.29 is 5.11 Å². The molecule has 1 aliphatic carbocycles. The van der Waals surface area contributed by atoms with Gasteiger partial charge >= 0.3 is 0 Å². The maximum absolute atomic E-state index is 9.81. The number of thioether (sulfide) groups is 1. The van der Waals surface area contributed by atoms with E-state index in [2.05, 4.69) is 21.6 Å². The highest BCUT2D eigenvalue weighted by molar-refractivity contribution is 8.00. The first-order chi connectivity index (χ1) is 9.30. The molecule has 1 aromatic heterocycles. The molecule has 2 atom stereocenters. The molecule has 4 nitrogen and oxygen atoms in total. The summed E-state index contributed by atoms with van der Waals surface area (Å²) in [5.41, 5.74) is -0.0301. The van der Waals surface area contributed by atoms with Crippen molar-refractivity contribution in [1.82, 2.24) is 14.7 Å². The molecule has 0 spiro atoms. The average Bonchev–Trinajstić information content (AvgIpc) is 3.07. The molecule has 1 saturated carbocycles. The summed E-state index contributed by atoms with van der Waals surface area (Å²) < 4.78 is 5.07. The number of hydrogen-bond acceptors (Lipinski definition) is 6. The van der Waals surface area contributed by atoms with Gasteiger partial charge in [0.15, 0.2) is 4.34 Å². The van der Waals surface area contributed by atoms with E-state index in [1.54, 1.807) is 18.1 Å². The monoisotopic (exact) mass is 301 g/mol. The summed E-state index contributed by atoms with van der Waals surface area (Å²) in [4.78, 5) is 4.19. The van der Waals surface area contributed by atoms with Gasteiger partial charge in [0, 0.05) is 11.3 Å². The van der Waals surface area contributed by atoms with Crippen molar-refractivity contribution in [1.29, 1.82) is 0 Å². The normalized spacial score (nSPS) is 26.9. The molecular formula is C13H23N3OS2. The lowest BCUT2D eigenvalue weighted by atomic mass is 9.85. The quantitative estimate of drug-likeness (QED) is 0.723. The lowest BCUT2D eigenvalue weighted by Crippen LogP contribution is -2.51. The SMILES string of the molecule is CCCNC1(CO)CCCC1CCSc1ncns1. The maximum atomic E-state index is 9.81. The second kappa shape index (κ2) is 7.57. The van der Waals surface area contributed by atoms with Gasteiger partial charge in [-0.3, -0.25) is 0 Å². The van der Waals surface area contributed by atoms with E-state index in [1.807, 2.05) is 0 Å². The molecule has 1 aliphatic rings. The Kier molecular flexibility index (Phi) is 6.06. The molecule has 0 saturated heterocycles. The van der Waals surface area contributed by atoms with Gasteiger partial charge in [-0.05, 0) is 49.7 Å². The van der Waals surface area contributed by atoms with Crippen LogP contribution in [0, 0.1) is 5.92 Å². The third-order valence-electron chi connectivity index (χ3n) is 4.00. The second-order valence-corrected chi connectivity index (χ2v) is 7.30. The number of hydrogen-bond donors (Lipinski definition) is 2. The van der Waals surface area contributed by atoms with Gasteiger partial charge in [-0.2, -0.15) is 4.37 Å². The first-order valence-corrected chi connectivity index (χ1v) is 8.82. The predicted octanol–water partition coefficient (Wildman–Crippen LogP) is 2.55. The molecule has 2 N–H and O–H groups in total. The van der Waals surface area contributed by atoms with Gasteiger partial charge in [-0.1, -0.05) is 25.1 Å². The third-order valence-corrected chi connectivity index (χ3v) is 5.83. The first-order valence-electron chi connectivity index (χ1n) is 7.06. The van der Waals surface area contributed by atoms with Crippen LogP contribution < -0.4 is 5.32 Å². The Bertz CT molecular complexity index is 361. The van der Waals surface area contributed by atoms with Crippen LogP contribution in [-0.2, 0) is 0 Å². The van der Waals surface area contributed by atoms with Gasteiger partial charge in [0.1, 0.15) is 6.33 Å². The zero-order valence-corrected chi connectivity index (χ0v) is 13.1. The molecule has 0 aliphatic heterocycles. The molecule has 1 aromatic rings. The Morgan fingerprint density at radius 1 is 1.63 bits per heavy atom. The first kappa shape index (κ1) is 15.2. The van der Waals surface area contributed by atoms with E-state index in [0.29, 0.717) is 5.92 Å². The van der Waals surface area contributed by atoms with Gasteiger partial charge in [0.05, 0.1) is 6.61 Å². The third kappa shape index (κ3) is 3.90. The number of aliphatic hydroxyl groups excluding tert-OH is 1. The molecule has 1 heterocycles. The van der Waals surface area contributed by atoms with Crippen LogP contribution in [0.1, 0.15) is 39.0 Å². The number of nitrogens with one attached hydrogen (secondary N) is 1. The fraction of sp³-hybridized carbons (Fsp3) is 0.846. The van der Waals surface area contributed by atoms with Gasteiger partial charge in [0.2, 0.25) is 0 Å². The number of aromatic nitrogens is 2. The molecule has 2 rings (SSSR count). The fourth-order valence-corrected chi connectivity index (χ4v) is 4.52. The lowest BCUT2D eigenvalue weighted by molar-refractivity contribution is 0.122. The summed E-state index contributed by atoms with van der Waals surface area (Å²) in [6, 6.07) is 0. The highest BCUT2D eigenvalue weighted by Gasteiger charge is 2.41. The molecule has 0 amide bonds. The minimum atomic E-state index is -0.0301. The van der Waals surface area contributed by atoms with Crippen molar-refractivity contribution in [2.75, 3.05) is 18.9 Å². The van der Waals surface area contributed by atoms with Crippen LogP contribution >= 0.6 is 23.3 Å². The standard InChI is InChI=1S/C13H23N3OS2/c1-2-7-15-13(9-17)6-3-4-11(13)5-8-18-12-14-10-16-19-12/h10-11,15,17H,2-9H2,1H3. The topological polar surface area (TPSA) is 58.0 Å². The Hall–Kier alpha value is -0.170. The van der Waals surface area contributed by atoms with E-state index in [1.165, 1.54) is 24.4 Å². The fourth-order valence-electron chi connectivity index (χ4n) is 2.95. The van der Waals surface area contributed by atoms with Gasteiger partial charge in [-0.25, -0.2) is 4.98 Å². The summed E-state index contributed by atoms with van der Waals surface area (Å²) in [7, 11) is 0. The lowest BCUT2D eigenvalue weighted by Gasteiger charge is -2.35. The molecule has 0 bridgehead atoms. The van der Waals surface area contributed by atoms with Gasteiger partial charge in [0.25, 0.3) is 0 Å². The largest absolute Gasteiger partial charge is 0.394 e. The van der Waals surface area contributed by atoms with Crippen LogP contribution in [0.5, 0.6) is 0 Å². The average molecular weight is 301 g/mol. The zero-order chi connectivity index (χ0) is 13.6. The highest BCUT2D eigenvalue weighted by Crippen LogP contribution is 2.39. The van der Waals surface area contributed by atoms with Crippen LogP contribution in [0.4, 0.5) is 0 Å². The minimum absolute atomic E-state index is 0.0301. The summed E-state index contributed by atoms with van der Waals surface area (Å²) in [5.74, 6) is 1.65. The molecule has 6 heteroatoms. The van der Waals surface area contributed by atoms with Crippen molar-refractivity contribution in [2.24, 2.45) is 5.92 Å². The van der Waals surface area contributed by atoms with Crippen molar-refractivity contribution in [3.63, 3.8) is 0 Å². The van der Waals surface area contributed by atoms with E-state index in [4.69, 9.17) is 0 Å².